The summed E-state index contributed by atoms with van der Waals surface area (Å²) in [5.41, 5.74) is 0. The Kier molecular flexibility index (Phi) is 5.69. The average Bonchev–Trinajstić information content (AvgIpc) is 2.59. The molecule has 0 radical (unpaired) electrons. The van der Waals surface area contributed by atoms with Gasteiger partial charge < -0.3 is 19.7 Å². The number of fused-ring (bicyclic) bond motifs is 1. The third-order valence-electron chi connectivity index (χ3n) is 4.26. The van der Waals surface area contributed by atoms with Gasteiger partial charge in [-0.1, -0.05) is 0 Å². The van der Waals surface area contributed by atoms with Crippen molar-refractivity contribution in [1.82, 2.24) is 15.2 Å². The molecule has 1 aromatic rings. The number of nitrogens with zero attached hydrogens (tertiary/aromatic N) is 2. The molecule has 6 nitrogen and oxygen atoms in total. The fourth-order valence-corrected chi connectivity index (χ4v) is 2.96. The molecular formula is C17H25N3O3. The zero-order valence-corrected chi connectivity index (χ0v) is 13.5. The molecule has 0 spiro atoms. The van der Waals surface area contributed by atoms with E-state index < -0.39 is 0 Å². The molecule has 1 aromatic heterocycles. The van der Waals surface area contributed by atoms with E-state index in [0.29, 0.717) is 18.4 Å². The topological polar surface area (TPSA) is 63.7 Å². The van der Waals surface area contributed by atoms with Gasteiger partial charge in [-0.15, -0.1) is 0 Å². The van der Waals surface area contributed by atoms with Crippen LogP contribution in [-0.4, -0.2) is 54.7 Å². The highest BCUT2D eigenvalue weighted by molar-refractivity contribution is 5.76. The molecule has 23 heavy (non-hydrogen) atoms. The molecule has 0 saturated carbocycles. The van der Waals surface area contributed by atoms with Crippen LogP contribution in [0.25, 0.3) is 0 Å². The first-order valence-corrected chi connectivity index (χ1v) is 8.56. The number of rotatable bonds is 7. The van der Waals surface area contributed by atoms with Crippen molar-refractivity contribution in [3.63, 3.8) is 0 Å². The fraction of sp³-hybridized carbons (Fsp3) is 0.647. The Hall–Kier alpha value is -1.82. The maximum atomic E-state index is 11.7. The van der Waals surface area contributed by atoms with Gasteiger partial charge in [0.25, 0.3) is 5.88 Å². The van der Waals surface area contributed by atoms with Gasteiger partial charge >= 0.3 is 0 Å². The van der Waals surface area contributed by atoms with Crippen molar-refractivity contribution in [3.05, 3.63) is 18.3 Å². The van der Waals surface area contributed by atoms with Gasteiger partial charge in [0.15, 0.2) is 5.75 Å². The third-order valence-corrected chi connectivity index (χ3v) is 4.26. The first kappa shape index (κ1) is 16.1. The number of hydrogen-bond donors (Lipinski definition) is 1. The van der Waals surface area contributed by atoms with Crippen molar-refractivity contribution in [2.24, 2.45) is 0 Å². The summed E-state index contributed by atoms with van der Waals surface area (Å²) in [6.07, 6.45) is 6.75. The van der Waals surface area contributed by atoms with Gasteiger partial charge in [-0.05, 0) is 44.4 Å². The molecule has 1 amide bonds. The van der Waals surface area contributed by atoms with Crippen LogP contribution in [0.3, 0.4) is 0 Å². The summed E-state index contributed by atoms with van der Waals surface area (Å²) in [6.45, 7) is 4.05. The lowest BCUT2D eigenvalue weighted by Gasteiger charge is -2.27. The van der Waals surface area contributed by atoms with Crippen LogP contribution in [0, 0.1) is 0 Å². The van der Waals surface area contributed by atoms with Gasteiger partial charge in [0.1, 0.15) is 12.7 Å². The second-order valence-electron chi connectivity index (χ2n) is 6.11. The first-order chi connectivity index (χ1) is 11.3. The van der Waals surface area contributed by atoms with Crippen LogP contribution in [0.5, 0.6) is 11.6 Å². The van der Waals surface area contributed by atoms with Gasteiger partial charge in [-0.25, -0.2) is 4.98 Å². The lowest BCUT2D eigenvalue weighted by molar-refractivity contribution is -0.133. The molecule has 1 N–H and O–H groups in total. The van der Waals surface area contributed by atoms with Crippen LogP contribution in [-0.2, 0) is 4.79 Å². The van der Waals surface area contributed by atoms with Crippen molar-refractivity contribution in [1.29, 1.82) is 0 Å². The van der Waals surface area contributed by atoms with Gasteiger partial charge in [0.05, 0.1) is 0 Å². The molecule has 3 heterocycles. The standard InChI is InChI=1S/C17H25N3O3/c21-16-7-1-3-10-20(16)11-4-2-8-18-12-14-13-22-15-6-5-9-19-17(15)23-14/h5-6,9,14,18H,1-4,7-8,10-13H2. The number of nitrogens with one attached hydrogen (secondary N) is 1. The Morgan fingerprint density at radius 2 is 2.30 bits per heavy atom. The van der Waals surface area contributed by atoms with Crippen LogP contribution in [0.4, 0.5) is 0 Å². The molecule has 126 valence electrons. The van der Waals surface area contributed by atoms with Crippen LogP contribution >= 0.6 is 0 Å². The zero-order valence-electron chi connectivity index (χ0n) is 13.5. The lowest BCUT2D eigenvalue weighted by Crippen LogP contribution is -2.39. The molecule has 0 aromatic carbocycles. The van der Waals surface area contributed by atoms with E-state index in [2.05, 4.69) is 10.3 Å². The number of ether oxygens (including phenoxy) is 2. The summed E-state index contributed by atoms with van der Waals surface area (Å²) in [7, 11) is 0. The van der Waals surface area contributed by atoms with Crippen molar-refractivity contribution in [3.8, 4) is 11.6 Å². The van der Waals surface area contributed by atoms with E-state index in [1.54, 1.807) is 6.20 Å². The molecule has 6 heteroatoms. The van der Waals surface area contributed by atoms with Gasteiger partial charge in [-0.3, -0.25) is 4.79 Å². The molecule has 0 bridgehead atoms. The molecule has 2 aliphatic rings. The number of pyridine rings is 1. The number of carbonyl (C=O) groups is 1. The monoisotopic (exact) mass is 319 g/mol. The average molecular weight is 319 g/mol. The van der Waals surface area contributed by atoms with Crippen molar-refractivity contribution >= 4 is 5.91 Å². The Morgan fingerprint density at radius 3 is 3.22 bits per heavy atom. The van der Waals surface area contributed by atoms with E-state index in [0.717, 1.165) is 64.0 Å². The Morgan fingerprint density at radius 1 is 1.35 bits per heavy atom. The highest BCUT2D eigenvalue weighted by atomic mass is 16.6. The van der Waals surface area contributed by atoms with E-state index >= 15 is 0 Å². The predicted molar refractivity (Wildman–Crippen MR) is 86.7 cm³/mol. The quantitative estimate of drug-likeness (QED) is 0.774. The highest BCUT2D eigenvalue weighted by Gasteiger charge is 2.21. The molecule has 1 saturated heterocycles. The molecule has 3 rings (SSSR count). The SMILES string of the molecule is O=C1CCCCN1CCCCNCC1COc2cccnc2O1. The van der Waals surface area contributed by atoms with E-state index in [-0.39, 0.29) is 6.10 Å². The number of unbranched alkanes of at least 4 members (excludes halogenated alkanes) is 1. The summed E-state index contributed by atoms with van der Waals surface area (Å²) < 4.78 is 11.4. The van der Waals surface area contributed by atoms with E-state index in [9.17, 15) is 4.79 Å². The maximum Gasteiger partial charge on any atom is 0.257 e. The number of amides is 1. The first-order valence-electron chi connectivity index (χ1n) is 8.56. The predicted octanol–water partition coefficient (Wildman–Crippen LogP) is 1.60. The van der Waals surface area contributed by atoms with E-state index in [4.69, 9.17) is 9.47 Å². The Labute approximate surface area is 137 Å². The summed E-state index contributed by atoms with van der Waals surface area (Å²) in [4.78, 5) is 17.9. The molecule has 1 atom stereocenters. The molecule has 2 aliphatic heterocycles. The Balaban J connectivity index is 1.27. The lowest BCUT2D eigenvalue weighted by atomic mass is 10.1. The molecular weight excluding hydrogens is 294 g/mol. The number of likely N-dealkylation sites (tertiary alicyclic amines) is 1. The van der Waals surface area contributed by atoms with Gasteiger partial charge in [0, 0.05) is 32.3 Å². The van der Waals surface area contributed by atoms with Crippen molar-refractivity contribution < 1.29 is 14.3 Å². The third kappa shape index (κ3) is 4.58. The van der Waals surface area contributed by atoms with E-state index in [1.165, 1.54) is 0 Å². The zero-order chi connectivity index (χ0) is 15.9. The normalized spacial score (nSPS) is 20.6. The molecule has 1 unspecified atom stereocenters. The second-order valence-corrected chi connectivity index (χ2v) is 6.11. The van der Waals surface area contributed by atoms with Crippen LogP contribution in [0.1, 0.15) is 32.1 Å². The fourth-order valence-electron chi connectivity index (χ4n) is 2.96. The largest absolute Gasteiger partial charge is 0.484 e. The summed E-state index contributed by atoms with van der Waals surface area (Å²) in [5.74, 6) is 1.62. The molecule has 0 aliphatic carbocycles. The van der Waals surface area contributed by atoms with Crippen LogP contribution in [0.2, 0.25) is 0 Å². The number of aromatic nitrogens is 1. The van der Waals surface area contributed by atoms with Crippen molar-refractivity contribution in [2.45, 2.75) is 38.2 Å². The maximum absolute atomic E-state index is 11.7. The number of piperidine rings is 1. The van der Waals surface area contributed by atoms with Crippen LogP contribution in [0.15, 0.2) is 18.3 Å². The minimum atomic E-state index is 0.000993. The Bertz CT molecular complexity index is 524. The highest BCUT2D eigenvalue weighted by Crippen LogP contribution is 2.27. The number of carbonyl (C=O) groups excluding carboxylic acids is 1. The smallest absolute Gasteiger partial charge is 0.257 e. The second kappa shape index (κ2) is 8.15. The van der Waals surface area contributed by atoms with Gasteiger partial charge in [0.2, 0.25) is 5.91 Å². The van der Waals surface area contributed by atoms with Gasteiger partial charge in [-0.2, -0.15) is 0 Å². The summed E-state index contributed by atoms with van der Waals surface area (Å²) in [5, 5.41) is 3.40. The van der Waals surface area contributed by atoms with Crippen LogP contribution < -0.4 is 14.8 Å². The minimum Gasteiger partial charge on any atom is -0.484 e. The number of hydrogen-bond acceptors (Lipinski definition) is 5. The molecule has 1 fully saturated rings. The summed E-state index contributed by atoms with van der Waals surface area (Å²) in [6, 6.07) is 3.71. The summed E-state index contributed by atoms with van der Waals surface area (Å²) >= 11 is 0. The minimum absolute atomic E-state index is 0.000993. The van der Waals surface area contributed by atoms with E-state index in [1.807, 2.05) is 17.0 Å². The van der Waals surface area contributed by atoms with Crippen molar-refractivity contribution in [2.75, 3.05) is 32.8 Å².